The van der Waals surface area contributed by atoms with Crippen molar-refractivity contribution in [3.05, 3.63) is 29.3 Å². The number of carboxylic acid groups (broad SMARTS) is 1. The predicted molar refractivity (Wildman–Crippen MR) is 75.3 cm³/mol. The van der Waals surface area contributed by atoms with Crippen LogP contribution in [0.4, 0.5) is 5.69 Å². The average molecular weight is 284 g/mol. The molecular weight excluding hydrogens is 266 g/mol. The van der Waals surface area contributed by atoms with Gasteiger partial charge in [-0.1, -0.05) is 25.4 Å². The van der Waals surface area contributed by atoms with Crippen LogP contribution in [-0.2, 0) is 9.59 Å². The van der Waals surface area contributed by atoms with E-state index in [4.69, 9.17) is 11.6 Å². The van der Waals surface area contributed by atoms with Gasteiger partial charge in [0.2, 0.25) is 5.91 Å². The second-order valence-corrected chi connectivity index (χ2v) is 5.55. The summed E-state index contributed by atoms with van der Waals surface area (Å²) >= 11 is 5.75. The highest BCUT2D eigenvalue weighted by atomic mass is 35.5. The minimum absolute atomic E-state index is 0.0668. The minimum atomic E-state index is -1.07. The first kappa shape index (κ1) is 15.5. The van der Waals surface area contributed by atoms with Gasteiger partial charge in [-0.15, -0.1) is 0 Å². The zero-order valence-electron chi connectivity index (χ0n) is 11.2. The minimum Gasteiger partial charge on any atom is -0.481 e. The maximum Gasteiger partial charge on any atom is 0.310 e. The monoisotopic (exact) mass is 283 g/mol. The van der Waals surface area contributed by atoms with E-state index in [0.29, 0.717) is 10.7 Å². The van der Waals surface area contributed by atoms with Gasteiger partial charge in [-0.05, 0) is 37.1 Å². The Bertz CT molecular complexity index is 470. The first-order valence-electron chi connectivity index (χ1n) is 6.04. The molecule has 0 saturated carbocycles. The Hall–Kier alpha value is -1.55. The van der Waals surface area contributed by atoms with Gasteiger partial charge >= 0.3 is 5.97 Å². The highest BCUT2D eigenvalue weighted by Crippen LogP contribution is 2.31. The Labute approximate surface area is 117 Å². The zero-order valence-corrected chi connectivity index (χ0v) is 12.0. The molecule has 1 unspecified atom stereocenters. The van der Waals surface area contributed by atoms with Crippen molar-refractivity contribution < 1.29 is 14.7 Å². The van der Waals surface area contributed by atoms with Crippen molar-refractivity contribution in [2.45, 2.75) is 27.2 Å². The fourth-order valence-corrected chi connectivity index (χ4v) is 1.72. The summed E-state index contributed by atoms with van der Waals surface area (Å²) in [5, 5.41) is 12.5. The van der Waals surface area contributed by atoms with Gasteiger partial charge in [0.05, 0.1) is 5.41 Å². The van der Waals surface area contributed by atoms with Crippen LogP contribution in [0.5, 0.6) is 0 Å². The van der Waals surface area contributed by atoms with E-state index in [1.165, 1.54) is 0 Å². The van der Waals surface area contributed by atoms with Crippen molar-refractivity contribution in [3.8, 4) is 0 Å². The summed E-state index contributed by atoms with van der Waals surface area (Å²) < 4.78 is 0. The Morgan fingerprint density at radius 1 is 1.32 bits per heavy atom. The van der Waals surface area contributed by atoms with Crippen LogP contribution in [0.1, 0.15) is 27.2 Å². The molecule has 1 rings (SSSR count). The molecule has 0 aliphatic rings. The number of carbonyl (C=O) groups is 2. The molecule has 0 aliphatic carbocycles. The number of hydrogen-bond donors (Lipinski definition) is 2. The van der Waals surface area contributed by atoms with Crippen LogP contribution in [0.3, 0.4) is 0 Å². The van der Waals surface area contributed by atoms with Gasteiger partial charge in [-0.2, -0.15) is 0 Å². The van der Waals surface area contributed by atoms with Crippen LogP contribution >= 0.6 is 11.6 Å². The molecule has 0 radical (unpaired) electrons. The van der Waals surface area contributed by atoms with Crippen LogP contribution < -0.4 is 5.32 Å². The number of rotatable bonds is 5. The Balaban J connectivity index is 2.74. The van der Waals surface area contributed by atoms with E-state index in [1.807, 2.05) is 0 Å². The summed E-state index contributed by atoms with van der Waals surface area (Å²) in [5.74, 6) is -1.42. The first-order chi connectivity index (χ1) is 8.75. The van der Waals surface area contributed by atoms with Crippen molar-refractivity contribution in [1.29, 1.82) is 0 Å². The molecule has 0 fully saturated rings. The number of hydrogen-bond acceptors (Lipinski definition) is 2. The third-order valence-corrected chi connectivity index (χ3v) is 3.67. The molecule has 0 bridgehead atoms. The summed E-state index contributed by atoms with van der Waals surface area (Å²) in [7, 11) is 0. The number of aliphatic carboxylic acids is 1. The maximum atomic E-state index is 11.9. The predicted octanol–water partition coefficient (Wildman–Crippen LogP) is 3.42. The molecule has 19 heavy (non-hydrogen) atoms. The van der Waals surface area contributed by atoms with Crippen molar-refractivity contribution >= 4 is 29.2 Å². The molecule has 5 heteroatoms. The lowest BCUT2D eigenvalue weighted by Crippen LogP contribution is -2.37. The summed E-state index contributed by atoms with van der Waals surface area (Å²) in [5.41, 5.74) is -0.470. The lowest BCUT2D eigenvalue weighted by atomic mass is 9.76. The van der Waals surface area contributed by atoms with Crippen molar-refractivity contribution in [2.24, 2.45) is 11.3 Å². The Morgan fingerprint density at radius 2 is 1.84 bits per heavy atom. The number of carboxylic acids is 1. The van der Waals surface area contributed by atoms with E-state index in [2.05, 4.69) is 5.32 Å². The summed E-state index contributed by atoms with van der Waals surface area (Å²) in [6.45, 7) is 5.18. The number of nitrogens with one attached hydrogen (secondary N) is 1. The summed E-state index contributed by atoms with van der Waals surface area (Å²) in [6.07, 6.45) is -0.0668. The lowest BCUT2D eigenvalue weighted by Gasteiger charge is -2.28. The molecule has 1 atom stereocenters. The SMILES string of the molecule is CC(C)C(C)(CC(=O)Nc1ccc(Cl)cc1)C(=O)O. The molecular formula is C14H18ClNO3. The molecule has 104 valence electrons. The largest absolute Gasteiger partial charge is 0.481 e. The van der Waals surface area contributed by atoms with Gasteiger partial charge in [0.1, 0.15) is 0 Å². The van der Waals surface area contributed by atoms with Gasteiger partial charge in [0.25, 0.3) is 0 Å². The molecule has 0 aromatic heterocycles. The van der Waals surface area contributed by atoms with Gasteiger partial charge in [-0.25, -0.2) is 0 Å². The molecule has 0 spiro atoms. The lowest BCUT2D eigenvalue weighted by molar-refractivity contribution is -0.153. The molecule has 0 heterocycles. The maximum absolute atomic E-state index is 11.9. The van der Waals surface area contributed by atoms with Crippen molar-refractivity contribution in [3.63, 3.8) is 0 Å². The molecule has 2 N–H and O–H groups in total. The second kappa shape index (κ2) is 6.06. The van der Waals surface area contributed by atoms with Gasteiger partial charge in [0.15, 0.2) is 0 Å². The van der Waals surface area contributed by atoms with Crippen LogP contribution in [0, 0.1) is 11.3 Å². The van der Waals surface area contributed by atoms with Crippen LogP contribution in [0.25, 0.3) is 0 Å². The van der Waals surface area contributed by atoms with Gasteiger partial charge in [0, 0.05) is 17.1 Å². The fourth-order valence-electron chi connectivity index (χ4n) is 1.60. The van der Waals surface area contributed by atoms with Crippen LogP contribution in [0.15, 0.2) is 24.3 Å². The molecule has 1 aromatic rings. The van der Waals surface area contributed by atoms with E-state index in [0.717, 1.165) is 0 Å². The molecule has 0 saturated heterocycles. The fraction of sp³-hybridized carbons (Fsp3) is 0.429. The van der Waals surface area contributed by atoms with E-state index in [9.17, 15) is 14.7 Å². The summed E-state index contributed by atoms with van der Waals surface area (Å²) in [4.78, 5) is 23.2. The van der Waals surface area contributed by atoms with Crippen molar-refractivity contribution in [2.75, 3.05) is 5.32 Å². The van der Waals surface area contributed by atoms with Crippen LogP contribution in [0.2, 0.25) is 5.02 Å². The van der Waals surface area contributed by atoms with E-state index < -0.39 is 11.4 Å². The number of benzene rings is 1. The highest BCUT2D eigenvalue weighted by molar-refractivity contribution is 6.30. The molecule has 1 amide bonds. The second-order valence-electron chi connectivity index (χ2n) is 5.11. The Kier molecular flexibility index (Phi) is 4.95. The topological polar surface area (TPSA) is 66.4 Å². The average Bonchev–Trinajstić information content (AvgIpc) is 2.31. The molecule has 0 aliphatic heterocycles. The normalized spacial score (nSPS) is 13.9. The van der Waals surface area contributed by atoms with E-state index in [-0.39, 0.29) is 18.2 Å². The standard InChI is InChI=1S/C14H18ClNO3/c1-9(2)14(3,13(18)19)8-12(17)16-11-6-4-10(15)5-7-11/h4-7,9H,8H2,1-3H3,(H,16,17)(H,18,19). The van der Waals surface area contributed by atoms with Gasteiger partial charge in [-0.3, -0.25) is 9.59 Å². The highest BCUT2D eigenvalue weighted by Gasteiger charge is 2.38. The number of anilines is 1. The Morgan fingerprint density at radius 3 is 2.26 bits per heavy atom. The van der Waals surface area contributed by atoms with E-state index >= 15 is 0 Å². The summed E-state index contributed by atoms with van der Waals surface area (Å²) in [6, 6.07) is 6.67. The third-order valence-electron chi connectivity index (χ3n) is 3.42. The first-order valence-corrected chi connectivity index (χ1v) is 6.42. The van der Waals surface area contributed by atoms with Crippen LogP contribution in [-0.4, -0.2) is 17.0 Å². The van der Waals surface area contributed by atoms with E-state index in [1.54, 1.807) is 45.0 Å². The number of halogens is 1. The molecule has 4 nitrogen and oxygen atoms in total. The van der Waals surface area contributed by atoms with Gasteiger partial charge < -0.3 is 10.4 Å². The third kappa shape index (κ3) is 3.96. The quantitative estimate of drug-likeness (QED) is 0.870. The van der Waals surface area contributed by atoms with Crippen molar-refractivity contribution in [1.82, 2.24) is 0 Å². The zero-order chi connectivity index (χ0) is 14.6. The number of amides is 1. The number of carbonyl (C=O) groups excluding carboxylic acids is 1. The molecule has 1 aromatic carbocycles. The smallest absolute Gasteiger partial charge is 0.310 e.